The van der Waals surface area contributed by atoms with Crippen LogP contribution in [0, 0.1) is 5.92 Å². The molecule has 1 aromatic rings. The Morgan fingerprint density at radius 3 is 3.06 bits per heavy atom. The van der Waals surface area contributed by atoms with Gasteiger partial charge >= 0.3 is 0 Å². The summed E-state index contributed by atoms with van der Waals surface area (Å²) in [5, 5.41) is 0.576. The van der Waals surface area contributed by atoms with Gasteiger partial charge in [0.25, 0.3) is 0 Å². The van der Waals surface area contributed by atoms with Crippen molar-refractivity contribution in [3.05, 3.63) is 22.8 Å². The Kier molecular flexibility index (Phi) is 4.27. The lowest BCUT2D eigenvalue weighted by atomic mass is 10.1. The van der Waals surface area contributed by atoms with Crippen LogP contribution in [0.25, 0.3) is 0 Å². The number of rotatable bonds is 4. The molecule has 1 fully saturated rings. The monoisotopic (exact) mass is 261 g/mol. The second-order valence-electron chi connectivity index (χ2n) is 3.75. The van der Waals surface area contributed by atoms with Crippen LogP contribution in [0.2, 0.25) is 5.02 Å². The van der Waals surface area contributed by atoms with Gasteiger partial charge in [-0.15, -0.1) is 11.6 Å². The van der Waals surface area contributed by atoms with Gasteiger partial charge in [0.15, 0.2) is 0 Å². The van der Waals surface area contributed by atoms with Crippen molar-refractivity contribution in [2.45, 2.75) is 12.3 Å². The highest BCUT2D eigenvalue weighted by Crippen LogP contribution is 2.20. The highest BCUT2D eigenvalue weighted by Gasteiger charge is 2.16. The van der Waals surface area contributed by atoms with Crippen molar-refractivity contribution in [1.29, 1.82) is 0 Å². The van der Waals surface area contributed by atoms with Crippen molar-refractivity contribution in [3.8, 4) is 5.88 Å². The number of ether oxygens (including phenoxy) is 2. The van der Waals surface area contributed by atoms with Crippen LogP contribution in [-0.4, -0.2) is 24.8 Å². The van der Waals surface area contributed by atoms with Crippen molar-refractivity contribution in [1.82, 2.24) is 4.98 Å². The van der Waals surface area contributed by atoms with Gasteiger partial charge in [0.05, 0.1) is 29.8 Å². The van der Waals surface area contributed by atoms with E-state index in [1.165, 1.54) is 0 Å². The van der Waals surface area contributed by atoms with E-state index in [0.29, 0.717) is 35.0 Å². The van der Waals surface area contributed by atoms with Crippen LogP contribution in [0.1, 0.15) is 12.1 Å². The van der Waals surface area contributed by atoms with E-state index in [1.54, 1.807) is 12.1 Å². The number of hydrogen-bond acceptors (Lipinski definition) is 3. The quantitative estimate of drug-likeness (QED) is 0.782. The zero-order valence-electron chi connectivity index (χ0n) is 8.79. The Labute approximate surface area is 105 Å². The van der Waals surface area contributed by atoms with E-state index in [0.717, 1.165) is 19.6 Å². The molecule has 5 heteroatoms. The van der Waals surface area contributed by atoms with Gasteiger partial charge in [0, 0.05) is 18.6 Å². The van der Waals surface area contributed by atoms with E-state index in [1.807, 2.05) is 0 Å². The molecule has 3 nitrogen and oxygen atoms in total. The van der Waals surface area contributed by atoms with Gasteiger partial charge in [-0.2, -0.15) is 0 Å². The van der Waals surface area contributed by atoms with Gasteiger partial charge < -0.3 is 9.47 Å². The van der Waals surface area contributed by atoms with Crippen molar-refractivity contribution < 1.29 is 9.47 Å². The van der Waals surface area contributed by atoms with E-state index >= 15 is 0 Å². The molecule has 0 saturated carbocycles. The molecule has 1 saturated heterocycles. The fourth-order valence-electron chi connectivity index (χ4n) is 1.56. The van der Waals surface area contributed by atoms with Gasteiger partial charge in [-0.05, 0) is 12.5 Å². The average Bonchev–Trinajstić information content (AvgIpc) is 2.81. The standard InChI is InChI=1S/C11H13Cl2NO2/c12-5-10-9(13)1-2-11(14-10)16-7-8-3-4-15-6-8/h1-2,8H,3-7H2. The molecule has 0 aliphatic carbocycles. The first-order valence-electron chi connectivity index (χ1n) is 5.21. The van der Waals surface area contributed by atoms with Crippen LogP contribution in [0.15, 0.2) is 12.1 Å². The topological polar surface area (TPSA) is 31.4 Å². The Bertz CT molecular complexity index is 354. The maximum atomic E-state index is 5.90. The maximum absolute atomic E-state index is 5.90. The summed E-state index contributed by atoms with van der Waals surface area (Å²) in [4.78, 5) is 4.22. The Morgan fingerprint density at radius 1 is 1.50 bits per heavy atom. The number of alkyl halides is 1. The molecular formula is C11H13Cl2NO2. The molecule has 16 heavy (non-hydrogen) atoms. The van der Waals surface area contributed by atoms with E-state index in [-0.39, 0.29) is 0 Å². The summed E-state index contributed by atoms with van der Waals surface area (Å²) in [7, 11) is 0. The van der Waals surface area contributed by atoms with Crippen LogP contribution in [-0.2, 0) is 10.6 Å². The molecule has 0 aromatic carbocycles. The van der Waals surface area contributed by atoms with Crippen LogP contribution < -0.4 is 4.74 Å². The molecule has 1 aromatic heterocycles. The van der Waals surface area contributed by atoms with Crippen molar-refractivity contribution in [3.63, 3.8) is 0 Å². The first-order chi connectivity index (χ1) is 7.79. The predicted molar refractivity (Wildman–Crippen MR) is 63.2 cm³/mol. The van der Waals surface area contributed by atoms with Crippen molar-refractivity contribution >= 4 is 23.2 Å². The lowest BCUT2D eigenvalue weighted by Crippen LogP contribution is -2.12. The van der Waals surface area contributed by atoms with Crippen LogP contribution in [0.3, 0.4) is 0 Å². The summed E-state index contributed by atoms with van der Waals surface area (Å²) >= 11 is 11.6. The summed E-state index contributed by atoms with van der Waals surface area (Å²) in [6.45, 7) is 2.24. The third kappa shape index (κ3) is 3.00. The minimum atomic E-state index is 0.294. The van der Waals surface area contributed by atoms with E-state index in [9.17, 15) is 0 Å². The SMILES string of the molecule is ClCc1nc(OCC2CCOC2)ccc1Cl. The smallest absolute Gasteiger partial charge is 0.213 e. The lowest BCUT2D eigenvalue weighted by Gasteiger charge is -2.10. The molecule has 1 atom stereocenters. The van der Waals surface area contributed by atoms with E-state index in [4.69, 9.17) is 32.7 Å². The van der Waals surface area contributed by atoms with Crippen LogP contribution >= 0.6 is 23.2 Å². The maximum Gasteiger partial charge on any atom is 0.213 e. The molecule has 88 valence electrons. The van der Waals surface area contributed by atoms with Gasteiger partial charge in [0.2, 0.25) is 5.88 Å². The van der Waals surface area contributed by atoms with Crippen molar-refractivity contribution in [2.75, 3.05) is 19.8 Å². The van der Waals surface area contributed by atoms with E-state index in [2.05, 4.69) is 4.98 Å². The largest absolute Gasteiger partial charge is 0.477 e. The number of nitrogens with zero attached hydrogens (tertiary/aromatic N) is 1. The normalized spacial score (nSPS) is 20.0. The lowest BCUT2D eigenvalue weighted by molar-refractivity contribution is 0.165. The third-order valence-electron chi connectivity index (χ3n) is 2.51. The van der Waals surface area contributed by atoms with Gasteiger partial charge in [0.1, 0.15) is 0 Å². The predicted octanol–water partition coefficient (Wildman–Crippen LogP) is 2.89. The summed E-state index contributed by atoms with van der Waals surface area (Å²) < 4.78 is 10.8. The summed E-state index contributed by atoms with van der Waals surface area (Å²) in [6, 6.07) is 3.51. The number of pyridine rings is 1. The van der Waals surface area contributed by atoms with Crippen LogP contribution in [0.4, 0.5) is 0 Å². The van der Waals surface area contributed by atoms with Crippen LogP contribution in [0.5, 0.6) is 5.88 Å². The zero-order valence-corrected chi connectivity index (χ0v) is 10.3. The third-order valence-corrected chi connectivity index (χ3v) is 3.11. The Hall–Kier alpha value is -0.510. The Balaban J connectivity index is 1.93. The molecule has 2 rings (SSSR count). The van der Waals surface area contributed by atoms with Gasteiger partial charge in [-0.3, -0.25) is 0 Å². The zero-order chi connectivity index (χ0) is 11.4. The minimum absolute atomic E-state index is 0.294. The molecule has 0 bridgehead atoms. The highest BCUT2D eigenvalue weighted by molar-refractivity contribution is 6.32. The minimum Gasteiger partial charge on any atom is -0.477 e. The summed E-state index contributed by atoms with van der Waals surface area (Å²) in [5.74, 6) is 1.34. The van der Waals surface area contributed by atoms with Crippen molar-refractivity contribution in [2.24, 2.45) is 5.92 Å². The number of aromatic nitrogens is 1. The first-order valence-corrected chi connectivity index (χ1v) is 6.13. The highest BCUT2D eigenvalue weighted by atomic mass is 35.5. The van der Waals surface area contributed by atoms with Gasteiger partial charge in [-0.1, -0.05) is 11.6 Å². The number of halogens is 2. The molecule has 0 spiro atoms. The Morgan fingerprint density at radius 2 is 2.38 bits per heavy atom. The average molecular weight is 262 g/mol. The second-order valence-corrected chi connectivity index (χ2v) is 4.43. The van der Waals surface area contributed by atoms with E-state index < -0.39 is 0 Å². The summed E-state index contributed by atoms with van der Waals surface area (Å²) in [5.41, 5.74) is 0.656. The molecule has 0 amide bonds. The summed E-state index contributed by atoms with van der Waals surface area (Å²) in [6.07, 6.45) is 1.05. The number of hydrogen-bond donors (Lipinski definition) is 0. The van der Waals surface area contributed by atoms with Gasteiger partial charge in [-0.25, -0.2) is 4.98 Å². The fraction of sp³-hybridized carbons (Fsp3) is 0.545. The molecule has 2 heterocycles. The fourth-order valence-corrected chi connectivity index (χ4v) is 2.00. The molecule has 1 aliphatic heterocycles. The second kappa shape index (κ2) is 5.71. The molecular weight excluding hydrogens is 249 g/mol. The first kappa shape index (κ1) is 12.0. The molecule has 0 radical (unpaired) electrons. The molecule has 1 unspecified atom stereocenters. The molecule has 0 N–H and O–H groups in total. The molecule has 1 aliphatic rings.